The van der Waals surface area contributed by atoms with E-state index in [1.54, 1.807) is 0 Å². The molecule has 4 nitrogen and oxygen atoms in total. The van der Waals surface area contributed by atoms with Crippen LogP contribution in [0.4, 0.5) is 0 Å². The zero-order chi connectivity index (χ0) is 15.8. The minimum absolute atomic E-state index is 0.0224. The lowest BCUT2D eigenvalue weighted by Gasteiger charge is -2.19. The molecule has 4 heteroatoms. The average molecular weight is 292 g/mol. The van der Waals surface area contributed by atoms with Gasteiger partial charge in [-0.1, -0.05) is 31.6 Å². The Labute approximate surface area is 125 Å². The second-order valence-electron chi connectivity index (χ2n) is 6.81. The highest BCUT2D eigenvalue weighted by Crippen LogP contribution is 2.62. The van der Waals surface area contributed by atoms with Gasteiger partial charge in [0.1, 0.15) is 6.10 Å². The zero-order valence-electron chi connectivity index (χ0n) is 13.2. The molecular formula is C17H24O4. The monoisotopic (exact) mass is 292 g/mol. The fourth-order valence-electron chi connectivity index (χ4n) is 3.56. The van der Waals surface area contributed by atoms with Crippen molar-refractivity contribution in [3.63, 3.8) is 0 Å². The Balaban J connectivity index is 2.33. The molecule has 0 heterocycles. The number of rotatable bonds is 2. The van der Waals surface area contributed by atoms with Crippen LogP contribution in [0.1, 0.15) is 47.0 Å². The summed E-state index contributed by atoms with van der Waals surface area (Å²) in [6, 6.07) is 0. The summed E-state index contributed by atoms with van der Waals surface area (Å²) in [6.45, 7) is 7.69. The van der Waals surface area contributed by atoms with Crippen molar-refractivity contribution in [2.45, 2.75) is 53.1 Å². The number of carboxylic acid groups (broad SMARTS) is 1. The van der Waals surface area contributed by atoms with Crippen LogP contribution in [0.5, 0.6) is 0 Å². The number of allylic oxidation sites excluding steroid dienone is 2. The SMILES string of the molecule is CC(=O)O[C@H]1C/C(C)=C\CC/C(C(=O)O)=C\[C@@H]2[C@H]1C2(C)C. The molecule has 0 aromatic rings. The summed E-state index contributed by atoms with van der Waals surface area (Å²) in [5, 5.41) is 9.33. The van der Waals surface area contributed by atoms with Crippen molar-refractivity contribution >= 4 is 11.9 Å². The van der Waals surface area contributed by atoms with Crippen LogP contribution in [-0.2, 0) is 14.3 Å². The maximum Gasteiger partial charge on any atom is 0.331 e. The first-order chi connectivity index (χ1) is 9.73. The Morgan fingerprint density at radius 3 is 2.62 bits per heavy atom. The van der Waals surface area contributed by atoms with Crippen molar-refractivity contribution in [1.82, 2.24) is 0 Å². The molecule has 0 saturated heterocycles. The van der Waals surface area contributed by atoms with Gasteiger partial charge in [0.05, 0.1) is 0 Å². The average Bonchev–Trinajstić information content (AvgIpc) is 2.88. The normalized spacial score (nSPS) is 36.3. The molecule has 0 aromatic carbocycles. The van der Waals surface area contributed by atoms with Gasteiger partial charge in [-0.05, 0) is 31.1 Å². The number of fused-ring (bicyclic) bond motifs is 1. The maximum atomic E-state index is 11.4. The number of ether oxygens (including phenoxy) is 1. The molecule has 21 heavy (non-hydrogen) atoms. The quantitative estimate of drug-likeness (QED) is 0.626. The van der Waals surface area contributed by atoms with Crippen LogP contribution in [0.3, 0.4) is 0 Å². The van der Waals surface area contributed by atoms with Crippen LogP contribution in [0.15, 0.2) is 23.3 Å². The molecule has 0 aliphatic heterocycles. The first-order valence-electron chi connectivity index (χ1n) is 7.50. The van der Waals surface area contributed by atoms with E-state index in [-0.39, 0.29) is 29.3 Å². The van der Waals surface area contributed by atoms with Gasteiger partial charge in [0, 0.05) is 24.8 Å². The molecule has 2 rings (SSSR count). The Morgan fingerprint density at radius 2 is 2.05 bits per heavy atom. The van der Waals surface area contributed by atoms with Crippen LogP contribution in [0.2, 0.25) is 0 Å². The maximum absolute atomic E-state index is 11.4. The fraction of sp³-hybridized carbons (Fsp3) is 0.647. The van der Waals surface area contributed by atoms with Crippen molar-refractivity contribution in [3.8, 4) is 0 Å². The number of esters is 1. The summed E-state index contributed by atoms with van der Waals surface area (Å²) in [6.07, 6.45) is 5.79. The molecule has 116 valence electrons. The van der Waals surface area contributed by atoms with Crippen molar-refractivity contribution < 1.29 is 19.4 Å². The summed E-state index contributed by atoms with van der Waals surface area (Å²) in [4.78, 5) is 22.7. The van der Waals surface area contributed by atoms with Crippen LogP contribution >= 0.6 is 0 Å². The van der Waals surface area contributed by atoms with E-state index in [1.807, 2.05) is 13.0 Å². The predicted octanol–water partition coefficient (Wildman–Crippen LogP) is 3.33. The second-order valence-corrected chi connectivity index (χ2v) is 6.81. The lowest BCUT2D eigenvalue weighted by Crippen LogP contribution is -2.22. The third-order valence-corrected chi connectivity index (χ3v) is 4.80. The van der Waals surface area contributed by atoms with Gasteiger partial charge in [0.2, 0.25) is 0 Å². The molecular weight excluding hydrogens is 268 g/mol. The van der Waals surface area contributed by atoms with E-state index < -0.39 is 5.97 Å². The molecule has 1 N–H and O–H groups in total. The predicted molar refractivity (Wildman–Crippen MR) is 79.6 cm³/mol. The number of carboxylic acids is 1. The Hall–Kier alpha value is -1.58. The largest absolute Gasteiger partial charge is 0.478 e. The number of carbonyl (C=O) groups is 2. The molecule has 1 fully saturated rings. The number of hydrogen-bond donors (Lipinski definition) is 1. The van der Waals surface area contributed by atoms with Crippen molar-refractivity contribution in [2.24, 2.45) is 17.3 Å². The highest BCUT2D eigenvalue weighted by molar-refractivity contribution is 5.86. The van der Waals surface area contributed by atoms with Crippen molar-refractivity contribution in [2.75, 3.05) is 0 Å². The third kappa shape index (κ3) is 3.36. The Bertz CT molecular complexity index is 513. The molecule has 0 bridgehead atoms. The highest BCUT2D eigenvalue weighted by Gasteiger charge is 2.61. The van der Waals surface area contributed by atoms with Gasteiger partial charge in [-0.25, -0.2) is 4.79 Å². The van der Waals surface area contributed by atoms with E-state index in [2.05, 4.69) is 19.9 Å². The van der Waals surface area contributed by atoms with Crippen molar-refractivity contribution in [1.29, 1.82) is 0 Å². The number of carbonyl (C=O) groups excluding carboxylic acids is 1. The standard InChI is InChI=1S/C17H24O4/c1-10-6-5-7-12(16(19)20)9-13-15(17(13,3)4)14(8-10)21-11(2)18/h6,9,13-15H,5,7-8H2,1-4H3,(H,19,20)/b10-6-,12-9+/t13-,14+,15-/m1/s1. The van der Waals surface area contributed by atoms with Crippen LogP contribution < -0.4 is 0 Å². The fourth-order valence-corrected chi connectivity index (χ4v) is 3.56. The molecule has 1 saturated carbocycles. The first kappa shape index (κ1) is 15.8. The van der Waals surface area contributed by atoms with E-state index in [4.69, 9.17) is 4.74 Å². The first-order valence-corrected chi connectivity index (χ1v) is 7.50. The van der Waals surface area contributed by atoms with Gasteiger partial charge in [-0.15, -0.1) is 0 Å². The lowest BCUT2D eigenvalue weighted by molar-refractivity contribution is -0.147. The summed E-state index contributed by atoms with van der Waals surface area (Å²) in [5.74, 6) is -0.753. The van der Waals surface area contributed by atoms with Gasteiger partial charge in [0.15, 0.2) is 0 Å². The summed E-state index contributed by atoms with van der Waals surface area (Å²) < 4.78 is 5.52. The van der Waals surface area contributed by atoms with Crippen LogP contribution in [0, 0.1) is 17.3 Å². The van der Waals surface area contributed by atoms with Gasteiger partial charge >= 0.3 is 11.9 Å². The highest BCUT2D eigenvalue weighted by atomic mass is 16.5. The number of aliphatic carboxylic acids is 1. The molecule has 0 unspecified atom stereocenters. The molecule has 2 aliphatic rings. The van der Waals surface area contributed by atoms with Crippen molar-refractivity contribution in [3.05, 3.63) is 23.3 Å². The minimum Gasteiger partial charge on any atom is -0.478 e. The second kappa shape index (κ2) is 5.66. The zero-order valence-corrected chi connectivity index (χ0v) is 13.2. The van der Waals surface area contributed by atoms with E-state index in [9.17, 15) is 14.7 Å². The summed E-state index contributed by atoms with van der Waals surface area (Å²) in [7, 11) is 0. The van der Waals surface area contributed by atoms with E-state index in [1.165, 1.54) is 6.92 Å². The summed E-state index contributed by atoms with van der Waals surface area (Å²) >= 11 is 0. The smallest absolute Gasteiger partial charge is 0.331 e. The summed E-state index contributed by atoms with van der Waals surface area (Å²) in [5.41, 5.74) is 1.61. The minimum atomic E-state index is -0.841. The van der Waals surface area contributed by atoms with Crippen LogP contribution in [0.25, 0.3) is 0 Å². The van der Waals surface area contributed by atoms with E-state index in [0.717, 1.165) is 12.0 Å². The molecule has 0 aromatic heterocycles. The van der Waals surface area contributed by atoms with Crippen LogP contribution in [-0.4, -0.2) is 23.1 Å². The van der Waals surface area contributed by atoms with Gasteiger partial charge < -0.3 is 9.84 Å². The van der Waals surface area contributed by atoms with Gasteiger partial charge in [0.25, 0.3) is 0 Å². The Morgan fingerprint density at radius 1 is 1.38 bits per heavy atom. The Kier molecular flexibility index (Phi) is 4.26. The molecule has 3 atom stereocenters. The van der Waals surface area contributed by atoms with E-state index in [0.29, 0.717) is 18.4 Å². The topological polar surface area (TPSA) is 63.6 Å². The number of hydrogen-bond acceptors (Lipinski definition) is 3. The lowest BCUT2D eigenvalue weighted by atomic mass is 9.98. The molecule has 0 amide bonds. The molecule has 2 aliphatic carbocycles. The molecule has 0 spiro atoms. The van der Waals surface area contributed by atoms with E-state index >= 15 is 0 Å². The third-order valence-electron chi connectivity index (χ3n) is 4.80. The molecule has 0 radical (unpaired) electrons. The van der Waals surface area contributed by atoms with Gasteiger partial charge in [-0.3, -0.25) is 4.79 Å². The van der Waals surface area contributed by atoms with Gasteiger partial charge in [-0.2, -0.15) is 0 Å².